The molecule has 1 fully saturated rings. The average Bonchev–Trinajstić information content (AvgIpc) is 3.21. The molecule has 5 atom stereocenters. The molecule has 11 heteroatoms. The van der Waals surface area contributed by atoms with Crippen LogP contribution in [0.3, 0.4) is 0 Å². The monoisotopic (exact) mass is 620 g/mol. The predicted molar refractivity (Wildman–Crippen MR) is 158 cm³/mol. The first-order chi connectivity index (χ1) is 19.3. The molecule has 1 aromatic carbocycles. The Balaban J connectivity index is 2.15. The Morgan fingerprint density at radius 2 is 1.60 bits per heavy atom. The van der Waals surface area contributed by atoms with E-state index in [-0.39, 0.29) is 43.0 Å². The Morgan fingerprint density at radius 3 is 2.10 bits per heavy atom. The molecule has 7 nitrogen and oxygen atoms in total. The first-order valence-corrected chi connectivity index (χ1v) is 17.5. The maximum Gasteiger partial charge on any atom is 0.413 e. The predicted octanol–water partition coefficient (Wildman–Crippen LogP) is 7.32. The van der Waals surface area contributed by atoms with Gasteiger partial charge in [-0.2, -0.15) is 13.2 Å². The van der Waals surface area contributed by atoms with E-state index in [9.17, 15) is 18.0 Å². The topological polar surface area (TPSA) is 72.5 Å². The summed E-state index contributed by atoms with van der Waals surface area (Å²) in [6.07, 6.45) is -7.68. The van der Waals surface area contributed by atoms with Crippen LogP contribution in [0.25, 0.3) is 0 Å². The van der Waals surface area contributed by atoms with E-state index in [0.29, 0.717) is 13.0 Å². The van der Waals surface area contributed by atoms with E-state index >= 15 is 0 Å². The van der Waals surface area contributed by atoms with Crippen molar-refractivity contribution in [3.8, 4) is 5.75 Å². The third-order valence-electron chi connectivity index (χ3n) is 8.20. The minimum absolute atomic E-state index is 0.102. The van der Waals surface area contributed by atoms with Crippen LogP contribution in [-0.2, 0) is 34.8 Å². The van der Waals surface area contributed by atoms with Crippen molar-refractivity contribution in [1.82, 2.24) is 0 Å². The fourth-order valence-corrected chi connectivity index (χ4v) is 5.91. The lowest BCUT2D eigenvalue weighted by molar-refractivity contribution is -0.202. The number of rotatable bonds is 14. The third-order valence-corrected chi connectivity index (χ3v) is 12.7. The normalized spacial score (nSPS) is 22.7. The maximum atomic E-state index is 14.1. The van der Waals surface area contributed by atoms with Crippen LogP contribution >= 0.6 is 0 Å². The van der Waals surface area contributed by atoms with Crippen molar-refractivity contribution in [1.29, 1.82) is 0 Å². The summed E-state index contributed by atoms with van der Waals surface area (Å²) in [6, 6.07) is 7.51. The second-order valence-corrected chi connectivity index (χ2v) is 18.4. The molecule has 1 aliphatic heterocycles. The fourth-order valence-electron chi connectivity index (χ4n) is 4.59. The van der Waals surface area contributed by atoms with Gasteiger partial charge in [0.1, 0.15) is 11.9 Å². The van der Waals surface area contributed by atoms with Gasteiger partial charge >= 0.3 is 12.1 Å². The molecule has 1 unspecified atom stereocenters. The molecule has 0 saturated carbocycles. The van der Waals surface area contributed by atoms with Crippen molar-refractivity contribution < 1.29 is 46.1 Å². The summed E-state index contributed by atoms with van der Waals surface area (Å²) in [4.78, 5) is 12.3. The van der Waals surface area contributed by atoms with E-state index < -0.39 is 44.3 Å². The van der Waals surface area contributed by atoms with Crippen molar-refractivity contribution in [2.24, 2.45) is 11.3 Å². The number of methoxy groups -OCH3 is 2. The van der Waals surface area contributed by atoms with E-state index in [0.717, 1.165) is 11.3 Å². The standard InChI is InChI=1S/C31H51F3O7Si/c1-29(2,3)28(35)39-18-17-24-23(20-38-19-21-11-13-22(36-7)14-12-21)27(37-8)25(40-24)15-16-26(31(32,33)34)41-42(9,10)30(4,5)6/h11-14,23-27H,15-20H2,1-10H3/t23-,24-,25+,26?,27+/m0/s1. The van der Waals surface area contributed by atoms with Gasteiger partial charge in [0.15, 0.2) is 8.32 Å². The van der Waals surface area contributed by atoms with Gasteiger partial charge in [0.2, 0.25) is 0 Å². The summed E-state index contributed by atoms with van der Waals surface area (Å²) in [7, 11) is 0.459. The second-order valence-electron chi connectivity index (χ2n) is 13.6. The van der Waals surface area contributed by atoms with Gasteiger partial charge in [-0.3, -0.25) is 4.79 Å². The molecule has 1 heterocycles. The van der Waals surface area contributed by atoms with Gasteiger partial charge < -0.3 is 28.1 Å². The SMILES string of the molecule is COc1ccc(COC[C@@H]2[C@@H](OC)[C@@H](CCC(O[Si](C)(C)C(C)(C)C)C(F)(F)F)O[C@H]2CCOC(=O)C(C)(C)C)cc1. The van der Waals surface area contributed by atoms with Gasteiger partial charge in [0.05, 0.1) is 50.7 Å². The quantitative estimate of drug-likeness (QED) is 0.159. The molecule has 242 valence electrons. The highest BCUT2D eigenvalue weighted by atomic mass is 28.4. The van der Waals surface area contributed by atoms with Crippen LogP contribution < -0.4 is 4.74 Å². The van der Waals surface area contributed by atoms with Gasteiger partial charge in [-0.25, -0.2) is 0 Å². The van der Waals surface area contributed by atoms with Crippen molar-refractivity contribution in [2.75, 3.05) is 27.4 Å². The van der Waals surface area contributed by atoms with Crippen molar-refractivity contribution in [2.45, 2.75) is 116 Å². The summed E-state index contributed by atoms with van der Waals surface area (Å²) >= 11 is 0. The number of ether oxygens (including phenoxy) is 5. The highest BCUT2D eigenvalue weighted by Gasteiger charge is 2.50. The average molecular weight is 621 g/mol. The highest BCUT2D eigenvalue weighted by molar-refractivity contribution is 6.74. The Morgan fingerprint density at radius 1 is 0.976 bits per heavy atom. The van der Waals surface area contributed by atoms with Gasteiger partial charge in [-0.15, -0.1) is 0 Å². The van der Waals surface area contributed by atoms with Gasteiger partial charge in [-0.05, 0) is 69.4 Å². The lowest BCUT2D eigenvalue weighted by atomic mass is 9.93. The highest BCUT2D eigenvalue weighted by Crippen LogP contribution is 2.42. The number of carbonyl (C=O) groups is 1. The van der Waals surface area contributed by atoms with E-state index in [1.54, 1.807) is 27.9 Å². The molecule has 0 bridgehead atoms. The zero-order chi connectivity index (χ0) is 31.9. The molecule has 1 saturated heterocycles. The molecule has 0 aliphatic carbocycles. The third kappa shape index (κ3) is 10.5. The first kappa shape index (κ1) is 36.5. The number of alkyl halides is 3. The molecular formula is C31H51F3O7Si. The van der Waals surface area contributed by atoms with E-state index in [1.807, 2.05) is 58.1 Å². The summed E-state index contributed by atoms with van der Waals surface area (Å²) < 4.78 is 77.0. The molecule has 1 aliphatic rings. The smallest absolute Gasteiger partial charge is 0.413 e. The summed E-state index contributed by atoms with van der Waals surface area (Å²) in [5, 5.41) is -0.364. The van der Waals surface area contributed by atoms with Crippen molar-refractivity contribution in [3.05, 3.63) is 29.8 Å². The van der Waals surface area contributed by atoms with Gasteiger partial charge in [0, 0.05) is 19.4 Å². The van der Waals surface area contributed by atoms with Crippen LogP contribution in [0.2, 0.25) is 18.1 Å². The van der Waals surface area contributed by atoms with Gasteiger partial charge in [0.25, 0.3) is 0 Å². The molecule has 42 heavy (non-hydrogen) atoms. The number of benzene rings is 1. The van der Waals surface area contributed by atoms with E-state index in [4.69, 9.17) is 28.1 Å². The fraction of sp³-hybridized carbons (Fsp3) is 0.774. The van der Waals surface area contributed by atoms with Crippen LogP contribution in [0.15, 0.2) is 24.3 Å². The molecule has 0 aromatic heterocycles. The lowest BCUT2D eigenvalue weighted by Gasteiger charge is -2.40. The number of carbonyl (C=O) groups excluding carboxylic acids is 1. The van der Waals surface area contributed by atoms with Crippen molar-refractivity contribution in [3.63, 3.8) is 0 Å². The number of halogens is 3. The number of esters is 1. The van der Waals surface area contributed by atoms with Crippen LogP contribution in [0.5, 0.6) is 5.75 Å². The molecule has 0 radical (unpaired) electrons. The maximum absolute atomic E-state index is 14.1. The zero-order valence-electron chi connectivity index (χ0n) is 26.9. The van der Waals surface area contributed by atoms with Crippen LogP contribution in [0, 0.1) is 11.3 Å². The van der Waals surface area contributed by atoms with Crippen molar-refractivity contribution >= 4 is 14.3 Å². The Kier molecular flexibility index (Phi) is 12.9. The second kappa shape index (κ2) is 14.9. The largest absolute Gasteiger partial charge is 0.497 e. The molecule has 0 spiro atoms. The minimum Gasteiger partial charge on any atom is -0.497 e. The molecule has 1 aromatic rings. The summed E-state index contributed by atoms with van der Waals surface area (Å²) in [6.45, 7) is 15.4. The molecule has 2 rings (SSSR count). The Bertz CT molecular complexity index is 971. The minimum atomic E-state index is -4.50. The van der Waals surface area contributed by atoms with Crippen LogP contribution in [0.4, 0.5) is 13.2 Å². The Labute approximate surface area is 250 Å². The zero-order valence-corrected chi connectivity index (χ0v) is 27.9. The number of hydrogen-bond donors (Lipinski definition) is 0. The summed E-state index contributed by atoms with van der Waals surface area (Å²) in [5.74, 6) is 0.144. The number of hydrogen-bond acceptors (Lipinski definition) is 7. The van der Waals surface area contributed by atoms with Gasteiger partial charge in [-0.1, -0.05) is 32.9 Å². The first-order valence-electron chi connectivity index (χ1n) is 14.6. The molecule has 0 amide bonds. The molecular weight excluding hydrogens is 569 g/mol. The summed E-state index contributed by atoms with van der Waals surface area (Å²) in [5.41, 5.74) is 0.304. The van der Waals surface area contributed by atoms with E-state index in [1.165, 1.54) is 7.11 Å². The van der Waals surface area contributed by atoms with E-state index in [2.05, 4.69) is 0 Å². The van der Waals surface area contributed by atoms with Crippen LogP contribution in [-0.4, -0.2) is 72.3 Å². The Hall–Kier alpha value is -1.66. The lowest BCUT2D eigenvalue weighted by Crippen LogP contribution is -2.48. The molecule has 0 N–H and O–H groups in total. The van der Waals surface area contributed by atoms with Crippen LogP contribution in [0.1, 0.15) is 66.4 Å².